The molecule has 0 aliphatic carbocycles. The Morgan fingerprint density at radius 3 is 3.19 bits per heavy atom. The van der Waals surface area contributed by atoms with Crippen LogP contribution in [0, 0.1) is 0 Å². The van der Waals surface area contributed by atoms with E-state index in [0.717, 1.165) is 55.7 Å². The highest BCUT2D eigenvalue weighted by atomic mass is 32.1. The van der Waals surface area contributed by atoms with Crippen LogP contribution in [0.3, 0.4) is 0 Å². The molecule has 0 saturated carbocycles. The number of hydrogen-bond acceptors (Lipinski definition) is 6. The molecule has 0 amide bonds. The van der Waals surface area contributed by atoms with Gasteiger partial charge in [-0.3, -0.25) is 0 Å². The number of nitrogens with one attached hydrogen (secondary N) is 1. The van der Waals surface area contributed by atoms with E-state index in [1.54, 1.807) is 7.11 Å². The third-order valence-corrected chi connectivity index (χ3v) is 4.38. The predicted molar refractivity (Wildman–Crippen MR) is 85.4 cm³/mol. The van der Waals surface area contributed by atoms with E-state index in [2.05, 4.69) is 20.7 Å². The Hall–Kier alpha value is -1.66. The van der Waals surface area contributed by atoms with Gasteiger partial charge in [-0.1, -0.05) is 12.1 Å². The molecule has 1 aliphatic heterocycles. The van der Waals surface area contributed by atoms with Crippen LogP contribution in [0.1, 0.15) is 17.8 Å². The first-order chi connectivity index (χ1) is 10.3. The van der Waals surface area contributed by atoms with Crippen LogP contribution in [0.25, 0.3) is 0 Å². The number of ether oxygens (including phenoxy) is 1. The van der Waals surface area contributed by atoms with Gasteiger partial charge in [0.15, 0.2) is 0 Å². The van der Waals surface area contributed by atoms with Gasteiger partial charge in [-0.15, -0.1) is 0 Å². The maximum Gasteiger partial charge on any atom is 0.205 e. The first-order valence-corrected chi connectivity index (χ1v) is 8.03. The van der Waals surface area contributed by atoms with E-state index in [4.69, 9.17) is 9.72 Å². The summed E-state index contributed by atoms with van der Waals surface area (Å²) in [5.74, 6) is 1.77. The van der Waals surface area contributed by atoms with E-state index in [9.17, 15) is 0 Å². The molecule has 1 saturated heterocycles. The Morgan fingerprint density at radius 1 is 1.33 bits per heavy atom. The predicted octanol–water partition coefficient (Wildman–Crippen LogP) is 1.94. The number of hydrogen-bond donors (Lipinski definition) is 1. The number of aromatic nitrogens is 2. The zero-order valence-corrected chi connectivity index (χ0v) is 13.0. The molecule has 1 fully saturated rings. The maximum atomic E-state index is 5.25. The highest BCUT2D eigenvalue weighted by Crippen LogP contribution is 2.21. The van der Waals surface area contributed by atoms with E-state index in [1.165, 1.54) is 17.1 Å². The maximum absolute atomic E-state index is 5.25. The molecule has 1 aliphatic rings. The second-order valence-electron chi connectivity index (χ2n) is 5.11. The standard InChI is InChI=1S/C15H20N4OS/c1-20-13-5-2-4-12(10-13)11-14-17-15(21-18-14)19-8-3-6-16-7-9-19/h2,4-5,10,16H,3,6-9,11H2,1H3. The molecule has 2 aromatic rings. The fraction of sp³-hybridized carbons (Fsp3) is 0.467. The van der Waals surface area contributed by atoms with Crippen molar-refractivity contribution >= 4 is 16.7 Å². The molecule has 6 heteroatoms. The monoisotopic (exact) mass is 304 g/mol. The van der Waals surface area contributed by atoms with Crippen molar-refractivity contribution in [1.82, 2.24) is 14.7 Å². The van der Waals surface area contributed by atoms with Crippen LogP contribution in [0.4, 0.5) is 5.13 Å². The second-order valence-corrected chi connectivity index (χ2v) is 5.84. The third kappa shape index (κ3) is 3.71. The molecule has 0 atom stereocenters. The molecule has 21 heavy (non-hydrogen) atoms. The molecule has 3 rings (SSSR count). The van der Waals surface area contributed by atoms with E-state index in [-0.39, 0.29) is 0 Å². The molecule has 1 aromatic heterocycles. The Kier molecular flexibility index (Phi) is 4.67. The normalized spacial score (nSPS) is 15.8. The van der Waals surface area contributed by atoms with Gasteiger partial charge in [0.05, 0.1) is 7.11 Å². The molecule has 2 heterocycles. The number of nitrogens with zero attached hydrogens (tertiary/aromatic N) is 3. The van der Waals surface area contributed by atoms with Gasteiger partial charge in [0.25, 0.3) is 0 Å². The van der Waals surface area contributed by atoms with Crippen molar-refractivity contribution in [2.75, 3.05) is 38.2 Å². The molecule has 0 bridgehead atoms. The Bertz CT molecular complexity index is 579. The van der Waals surface area contributed by atoms with Crippen molar-refractivity contribution < 1.29 is 4.74 Å². The smallest absolute Gasteiger partial charge is 0.205 e. The van der Waals surface area contributed by atoms with Crippen LogP contribution in [-0.4, -0.2) is 42.6 Å². The molecule has 0 unspecified atom stereocenters. The largest absolute Gasteiger partial charge is 0.497 e. The van der Waals surface area contributed by atoms with Crippen molar-refractivity contribution in [3.63, 3.8) is 0 Å². The van der Waals surface area contributed by atoms with Crippen molar-refractivity contribution in [2.45, 2.75) is 12.8 Å². The van der Waals surface area contributed by atoms with Gasteiger partial charge in [-0.25, -0.2) is 4.98 Å². The van der Waals surface area contributed by atoms with E-state index >= 15 is 0 Å². The summed E-state index contributed by atoms with van der Waals surface area (Å²) in [5, 5.41) is 4.45. The van der Waals surface area contributed by atoms with Gasteiger partial charge in [-0.2, -0.15) is 4.37 Å². The van der Waals surface area contributed by atoms with Gasteiger partial charge in [0.2, 0.25) is 5.13 Å². The molecule has 112 valence electrons. The van der Waals surface area contributed by atoms with Crippen LogP contribution in [0.5, 0.6) is 5.75 Å². The minimum Gasteiger partial charge on any atom is -0.497 e. The van der Waals surface area contributed by atoms with E-state index < -0.39 is 0 Å². The number of rotatable bonds is 4. The highest BCUT2D eigenvalue weighted by molar-refractivity contribution is 7.09. The number of methoxy groups -OCH3 is 1. The zero-order chi connectivity index (χ0) is 14.5. The molecule has 5 nitrogen and oxygen atoms in total. The third-order valence-electron chi connectivity index (χ3n) is 3.56. The highest BCUT2D eigenvalue weighted by Gasteiger charge is 2.14. The lowest BCUT2D eigenvalue weighted by Crippen LogP contribution is -2.27. The fourth-order valence-electron chi connectivity index (χ4n) is 2.45. The Labute approximate surface area is 129 Å². The van der Waals surface area contributed by atoms with Gasteiger partial charge in [-0.05, 0) is 30.7 Å². The van der Waals surface area contributed by atoms with Crippen molar-refractivity contribution in [1.29, 1.82) is 0 Å². The summed E-state index contributed by atoms with van der Waals surface area (Å²) in [4.78, 5) is 7.02. The van der Waals surface area contributed by atoms with Gasteiger partial charge < -0.3 is 15.0 Å². The first-order valence-electron chi connectivity index (χ1n) is 7.26. The van der Waals surface area contributed by atoms with Gasteiger partial charge in [0, 0.05) is 37.6 Å². The number of benzene rings is 1. The van der Waals surface area contributed by atoms with Crippen LogP contribution in [0.2, 0.25) is 0 Å². The summed E-state index contributed by atoms with van der Waals surface area (Å²) < 4.78 is 9.75. The minimum atomic E-state index is 0.750. The minimum absolute atomic E-state index is 0.750. The summed E-state index contributed by atoms with van der Waals surface area (Å²) in [7, 11) is 1.69. The average Bonchev–Trinajstić information content (AvgIpc) is 2.81. The van der Waals surface area contributed by atoms with Gasteiger partial charge in [0.1, 0.15) is 11.6 Å². The molecular formula is C15H20N4OS. The quantitative estimate of drug-likeness (QED) is 0.935. The van der Waals surface area contributed by atoms with E-state index in [1.807, 2.05) is 18.2 Å². The van der Waals surface area contributed by atoms with Crippen molar-refractivity contribution in [2.24, 2.45) is 0 Å². The molecular weight excluding hydrogens is 284 g/mol. The van der Waals surface area contributed by atoms with E-state index in [0.29, 0.717) is 0 Å². The molecule has 0 radical (unpaired) electrons. The van der Waals surface area contributed by atoms with Crippen molar-refractivity contribution in [3.8, 4) is 5.75 Å². The fourth-order valence-corrected chi connectivity index (χ4v) is 3.18. The van der Waals surface area contributed by atoms with Crippen LogP contribution < -0.4 is 15.0 Å². The van der Waals surface area contributed by atoms with Crippen LogP contribution >= 0.6 is 11.5 Å². The topological polar surface area (TPSA) is 50.3 Å². The summed E-state index contributed by atoms with van der Waals surface area (Å²) in [6.07, 6.45) is 1.91. The Morgan fingerprint density at radius 2 is 2.29 bits per heavy atom. The molecule has 1 aromatic carbocycles. The SMILES string of the molecule is COc1cccc(Cc2nsc(N3CCCNCC3)n2)c1. The van der Waals surface area contributed by atoms with Crippen LogP contribution in [0.15, 0.2) is 24.3 Å². The summed E-state index contributed by atoms with van der Waals surface area (Å²) in [6, 6.07) is 8.07. The molecule has 1 N–H and O–H groups in total. The second kappa shape index (κ2) is 6.87. The first kappa shape index (κ1) is 14.3. The van der Waals surface area contributed by atoms with Crippen LogP contribution in [-0.2, 0) is 6.42 Å². The summed E-state index contributed by atoms with van der Waals surface area (Å²) in [6.45, 7) is 4.17. The lowest BCUT2D eigenvalue weighted by Gasteiger charge is -2.17. The lowest BCUT2D eigenvalue weighted by atomic mass is 10.1. The lowest BCUT2D eigenvalue weighted by molar-refractivity contribution is 0.414. The number of anilines is 1. The zero-order valence-electron chi connectivity index (χ0n) is 12.2. The van der Waals surface area contributed by atoms with Gasteiger partial charge >= 0.3 is 0 Å². The average molecular weight is 304 g/mol. The summed E-state index contributed by atoms with van der Waals surface area (Å²) >= 11 is 1.50. The molecule has 0 spiro atoms. The Balaban J connectivity index is 1.69. The summed E-state index contributed by atoms with van der Waals surface area (Å²) in [5.41, 5.74) is 1.18. The van der Waals surface area contributed by atoms with Crippen molar-refractivity contribution in [3.05, 3.63) is 35.7 Å².